The van der Waals surface area contributed by atoms with Crippen LogP contribution in [0, 0.1) is 0 Å². The normalized spacial score (nSPS) is 24.8. The van der Waals surface area contributed by atoms with E-state index in [1.807, 2.05) is 12.1 Å². The molecule has 0 radical (unpaired) electrons. The van der Waals surface area contributed by atoms with Crippen LogP contribution in [-0.2, 0) is 19.1 Å². The SMILES string of the molecule is CO[C@H]1CN(CC(=O)Nc2nc3ccc(NC(C)=O)cc3s2)CC[C@]12CCCO2. The fourth-order valence-corrected chi connectivity index (χ4v) is 5.15. The van der Waals surface area contributed by atoms with Crippen LogP contribution in [-0.4, -0.2) is 66.8 Å². The van der Waals surface area contributed by atoms with Crippen molar-refractivity contribution in [3.05, 3.63) is 18.2 Å². The van der Waals surface area contributed by atoms with Crippen molar-refractivity contribution in [1.29, 1.82) is 0 Å². The molecule has 8 nitrogen and oxygen atoms in total. The van der Waals surface area contributed by atoms with Crippen LogP contribution in [0.5, 0.6) is 0 Å². The third kappa shape index (κ3) is 4.42. The first-order valence-electron chi connectivity index (χ1n) is 9.84. The van der Waals surface area contributed by atoms with Gasteiger partial charge in [0.15, 0.2) is 5.13 Å². The minimum Gasteiger partial charge on any atom is -0.377 e. The fourth-order valence-electron chi connectivity index (χ4n) is 4.22. The molecule has 1 spiro atoms. The van der Waals surface area contributed by atoms with Crippen molar-refractivity contribution in [2.24, 2.45) is 0 Å². The second-order valence-electron chi connectivity index (χ2n) is 7.66. The molecule has 1 aromatic heterocycles. The fraction of sp³-hybridized carbons (Fsp3) is 0.550. The number of carbonyl (C=O) groups excluding carboxylic acids is 2. The minimum atomic E-state index is -0.180. The lowest BCUT2D eigenvalue weighted by atomic mass is 9.86. The summed E-state index contributed by atoms with van der Waals surface area (Å²) < 4.78 is 12.6. The lowest BCUT2D eigenvalue weighted by Crippen LogP contribution is -2.57. The van der Waals surface area contributed by atoms with E-state index in [1.165, 1.54) is 18.3 Å². The first kappa shape index (κ1) is 20.2. The Morgan fingerprint density at radius 2 is 2.24 bits per heavy atom. The summed E-state index contributed by atoms with van der Waals surface area (Å²) in [6, 6.07) is 5.50. The van der Waals surface area contributed by atoms with Crippen molar-refractivity contribution < 1.29 is 19.1 Å². The highest BCUT2D eigenvalue weighted by molar-refractivity contribution is 7.22. The molecule has 0 saturated carbocycles. The molecule has 2 aromatic rings. The summed E-state index contributed by atoms with van der Waals surface area (Å²) in [5.41, 5.74) is 1.33. The summed E-state index contributed by atoms with van der Waals surface area (Å²) in [7, 11) is 1.72. The lowest BCUT2D eigenvalue weighted by molar-refractivity contribution is -0.145. The molecule has 29 heavy (non-hydrogen) atoms. The van der Waals surface area contributed by atoms with Crippen molar-refractivity contribution in [1.82, 2.24) is 9.88 Å². The molecule has 0 unspecified atom stereocenters. The maximum atomic E-state index is 12.6. The number of ether oxygens (including phenoxy) is 2. The van der Waals surface area contributed by atoms with E-state index < -0.39 is 0 Å². The molecule has 0 bridgehead atoms. The second kappa shape index (κ2) is 8.35. The number of carbonyl (C=O) groups is 2. The Labute approximate surface area is 173 Å². The average molecular weight is 419 g/mol. The number of hydrogen-bond donors (Lipinski definition) is 2. The van der Waals surface area contributed by atoms with Gasteiger partial charge in [-0.15, -0.1) is 0 Å². The molecule has 156 valence electrons. The molecule has 2 fully saturated rings. The molecule has 2 aliphatic heterocycles. The zero-order valence-corrected chi connectivity index (χ0v) is 17.5. The second-order valence-corrected chi connectivity index (χ2v) is 8.69. The van der Waals surface area contributed by atoms with Gasteiger partial charge in [-0.05, 0) is 37.5 Å². The van der Waals surface area contributed by atoms with Gasteiger partial charge in [0.05, 0.1) is 28.5 Å². The number of nitrogens with zero attached hydrogens (tertiary/aromatic N) is 2. The number of nitrogens with one attached hydrogen (secondary N) is 2. The Bertz CT molecular complexity index is 909. The van der Waals surface area contributed by atoms with Crippen LogP contribution in [0.15, 0.2) is 18.2 Å². The number of amides is 2. The topological polar surface area (TPSA) is 92.8 Å². The van der Waals surface area contributed by atoms with Crippen LogP contribution in [0.25, 0.3) is 10.2 Å². The molecule has 0 aliphatic carbocycles. The van der Waals surface area contributed by atoms with Crippen molar-refractivity contribution in [2.45, 2.75) is 37.9 Å². The molecule has 2 atom stereocenters. The number of hydrogen-bond acceptors (Lipinski definition) is 7. The van der Waals surface area contributed by atoms with E-state index in [0.717, 1.165) is 42.6 Å². The molecular weight excluding hydrogens is 392 g/mol. The van der Waals surface area contributed by atoms with E-state index >= 15 is 0 Å². The largest absolute Gasteiger partial charge is 0.377 e. The molecule has 2 aliphatic rings. The monoisotopic (exact) mass is 418 g/mol. The quantitative estimate of drug-likeness (QED) is 0.775. The Hall–Kier alpha value is -2.07. The van der Waals surface area contributed by atoms with E-state index in [0.29, 0.717) is 23.9 Å². The Kier molecular flexibility index (Phi) is 5.82. The van der Waals surface area contributed by atoms with Gasteiger partial charge in [0, 0.05) is 39.4 Å². The van der Waals surface area contributed by atoms with E-state index in [2.05, 4.69) is 20.5 Å². The molecule has 1 aromatic carbocycles. The molecule has 9 heteroatoms. The molecule has 3 heterocycles. The predicted octanol–water partition coefficient (Wildman–Crippen LogP) is 2.46. The molecule has 2 saturated heterocycles. The highest BCUT2D eigenvalue weighted by atomic mass is 32.1. The zero-order chi connectivity index (χ0) is 20.4. The van der Waals surface area contributed by atoms with Crippen LogP contribution in [0.2, 0.25) is 0 Å². The van der Waals surface area contributed by atoms with Gasteiger partial charge >= 0.3 is 0 Å². The number of likely N-dealkylation sites (tertiary alicyclic amines) is 1. The number of piperidine rings is 1. The highest BCUT2D eigenvalue weighted by Gasteiger charge is 2.46. The van der Waals surface area contributed by atoms with Crippen molar-refractivity contribution in [3.63, 3.8) is 0 Å². The van der Waals surface area contributed by atoms with Gasteiger partial charge < -0.3 is 20.1 Å². The summed E-state index contributed by atoms with van der Waals surface area (Å²) in [6.07, 6.45) is 2.96. The average Bonchev–Trinajstić information content (AvgIpc) is 3.29. The number of anilines is 2. The van der Waals surface area contributed by atoms with Crippen molar-refractivity contribution in [3.8, 4) is 0 Å². The van der Waals surface area contributed by atoms with Crippen LogP contribution in [0.1, 0.15) is 26.2 Å². The van der Waals surface area contributed by atoms with Crippen LogP contribution in [0.3, 0.4) is 0 Å². The maximum Gasteiger partial charge on any atom is 0.240 e. The number of methoxy groups -OCH3 is 1. The summed E-state index contributed by atoms with van der Waals surface area (Å²) in [5, 5.41) is 6.21. The van der Waals surface area contributed by atoms with Crippen LogP contribution >= 0.6 is 11.3 Å². The molecule has 2 N–H and O–H groups in total. The first-order valence-corrected chi connectivity index (χ1v) is 10.7. The summed E-state index contributed by atoms with van der Waals surface area (Å²) in [6.45, 7) is 4.06. The Morgan fingerprint density at radius 3 is 2.97 bits per heavy atom. The lowest BCUT2D eigenvalue weighted by Gasteiger charge is -2.44. The Balaban J connectivity index is 1.36. The van der Waals surface area contributed by atoms with Crippen LogP contribution < -0.4 is 10.6 Å². The predicted molar refractivity (Wildman–Crippen MR) is 112 cm³/mol. The maximum absolute atomic E-state index is 12.6. The Morgan fingerprint density at radius 1 is 1.38 bits per heavy atom. The van der Waals surface area contributed by atoms with E-state index in [9.17, 15) is 9.59 Å². The van der Waals surface area contributed by atoms with E-state index in [1.54, 1.807) is 13.2 Å². The van der Waals surface area contributed by atoms with Gasteiger partial charge in [-0.2, -0.15) is 0 Å². The number of benzene rings is 1. The third-order valence-corrected chi connectivity index (χ3v) is 6.54. The van der Waals surface area contributed by atoms with Gasteiger partial charge in [-0.25, -0.2) is 4.98 Å². The number of aromatic nitrogens is 1. The molecular formula is C20H26N4O4S. The molecule has 2 amide bonds. The number of thiazole rings is 1. The zero-order valence-electron chi connectivity index (χ0n) is 16.7. The summed E-state index contributed by atoms with van der Waals surface area (Å²) >= 11 is 1.39. The van der Waals surface area contributed by atoms with Crippen LogP contribution in [0.4, 0.5) is 10.8 Å². The van der Waals surface area contributed by atoms with Gasteiger partial charge in [0.2, 0.25) is 11.8 Å². The van der Waals surface area contributed by atoms with Gasteiger partial charge in [0.1, 0.15) is 0 Å². The van der Waals surface area contributed by atoms with E-state index in [4.69, 9.17) is 9.47 Å². The molecule has 4 rings (SSSR count). The van der Waals surface area contributed by atoms with Gasteiger partial charge in [-0.1, -0.05) is 11.3 Å². The van der Waals surface area contributed by atoms with Gasteiger partial charge in [-0.3, -0.25) is 14.5 Å². The smallest absolute Gasteiger partial charge is 0.240 e. The minimum absolute atomic E-state index is 0.0128. The standard InChI is InChI=1S/C20H26N4O4S/c1-13(25)21-14-4-5-15-16(10-14)29-19(22-15)23-18(26)12-24-8-7-20(6-3-9-28-20)17(11-24)27-2/h4-5,10,17H,3,6-9,11-12H2,1-2H3,(H,21,25)(H,22,23,26)/t17-,20+/m0/s1. The van der Waals surface area contributed by atoms with Crippen molar-refractivity contribution in [2.75, 3.05) is 44.0 Å². The summed E-state index contributed by atoms with van der Waals surface area (Å²) in [4.78, 5) is 30.4. The highest BCUT2D eigenvalue weighted by Crippen LogP contribution is 2.37. The number of fused-ring (bicyclic) bond motifs is 1. The third-order valence-electron chi connectivity index (χ3n) is 5.60. The van der Waals surface area contributed by atoms with E-state index in [-0.39, 0.29) is 23.5 Å². The van der Waals surface area contributed by atoms with Gasteiger partial charge in [0.25, 0.3) is 0 Å². The summed E-state index contributed by atoms with van der Waals surface area (Å²) in [5.74, 6) is -0.215. The van der Waals surface area contributed by atoms with Crippen molar-refractivity contribution >= 4 is 44.2 Å². The first-order chi connectivity index (χ1) is 14.0. The number of rotatable bonds is 5.